The molecule has 0 amide bonds. The highest BCUT2D eigenvalue weighted by Crippen LogP contribution is 2.28. The number of aromatic nitrogens is 1. The van der Waals surface area contributed by atoms with E-state index >= 15 is 0 Å². The van der Waals surface area contributed by atoms with E-state index in [2.05, 4.69) is 4.57 Å². The van der Waals surface area contributed by atoms with Gasteiger partial charge >= 0.3 is 5.97 Å². The van der Waals surface area contributed by atoms with Gasteiger partial charge in [0.05, 0.1) is 26.7 Å². The second kappa shape index (κ2) is 9.80. The lowest BCUT2D eigenvalue weighted by atomic mass is 10.1. The van der Waals surface area contributed by atoms with Crippen molar-refractivity contribution < 1.29 is 28.5 Å². The number of aryl methyl sites for hydroxylation is 1. The Morgan fingerprint density at radius 2 is 1.90 bits per heavy atom. The molecule has 0 radical (unpaired) electrons. The van der Waals surface area contributed by atoms with Gasteiger partial charge in [-0.2, -0.15) is 0 Å². The Hall–Kier alpha value is -2.80. The van der Waals surface area contributed by atoms with Gasteiger partial charge in [-0.1, -0.05) is 6.07 Å². The van der Waals surface area contributed by atoms with E-state index in [1.54, 1.807) is 25.3 Å². The summed E-state index contributed by atoms with van der Waals surface area (Å²) in [5.74, 6) is 0.451. The molecule has 0 N–H and O–H groups in total. The molecule has 0 aliphatic carbocycles. The molecular weight excluding hydrogens is 386 g/mol. The Bertz CT molecular complexity index is 911. The van der Waals surface area contributed by atoms with Crippen LogP contribution >= 0.6 is 0 Å². The van der Waals surface area contributed by atoms with Gasteiger partial charge in [-0.25, -0.2) is 0 Å². The molecule has 7 nitrogen and oxygen atoms in total. The molecule has 3 rings (SSSR count). The largest absolute Gasteiger partial charge is 0.493 e. The molecular formula is C23H29NO6. The lowest BCUT2D eigenvalue weighted by Gasteiger charge is -2.14. The third-order valence-corrected chi connectivity index (χ3v) is 5.44. The predicted octanol–water partition coefficient (Wildman–Crippen LogP) is 3.27. The van der Waals surface area contributed by atoms with Crippen LogP contribution in [-0.4, -0.2) is 49.9 Å². The van der Waals surface area contributed by atoms with Gasteiger partial charge in [0.1, 0.15) is 0 Å². The van der Waals surface area contributed by atoms with Crippen molar-refractivity contribution in [3.8, 4) is 11.5 Å². The van der Waals surface area contributed by atoms with Crippen molar-refractivity contribution in [2.75, 3.05) is 27.4 Å². The molecule has 0 spiro atoms. The quantitative estimate of drug-likeness (QED) is 0.462. The van der Waals surface area contributed by atoms with Gasteiger partial charge in [-0.15, -0.1) is 0 Å². The van der Waals surface area contributed by atoms with Gasteiger partial charge in [0.2, 0.25) is 5.78 Å². The minimum atomic E-state index is -0.469. The number of ketones is 1. The molecule has 1 aliphatic heterocycles. The molecule has 0 bridgehead atoms. The zero-order valence-electron chi connectivity index (χ0n) is 18.0. The third kappa shape index (κ3) is 5.02. The molecule has 1 atom stereocenters. The van der Waals surface area contributed by atoms with Crippen LogP contribution in [0.2, 0.25) is 0 Å². The average Bonchev–Trinajstić information content (AvgIpc) is 3.35. The van der Waals surface area contributed by atoms with E-state index in [0.29, 0.717) is 17.1 Å². The van der Waals surface area contributed by atoms with E-state index in [0.717, 1.165) is 42.9 Å². The average molecular weight is 415 g/mol. The zero-order chi connectivity index (χ0) is 21.7. The van der Waals surface area contributed by atoms with E-state index in [-0.39, 0.29) is 24.9 Å². The number of esters is 1. The summed E-state index contributed by atoms with van der Waals surface area (Å²) in [6, 6.07) is 7.08. The molecule has 1 saturated heterocycles. The Balaban J connectivity index is 1.58. The number of ether oxygens (including phenoxy) is 4. The predicted molar refractivity (Wildman–Crippen MR) is 111 cm³/mol. The second-order valence-corrected chi connectivity index (χ2v) is 7.48. The molecule has 1 fully saturated rings. The lowest BCUT2D eigenvalue weighted by Crippen LogP contribution is -2.18. The molecule has 30 heavy (non-hydrogen) atoms. The van der Waals surface area contributed by atoms with Crippen molar-refractivity contribution in [3.05, 3.63) is 46.8 Å². The van der Waals surface area contributed by atoms with Crippen molar-refractivity contribution in [1.29, 1.82) is 0 Å². The number of hydrogen-bond donors (Lipinski definition) is 0. The number of carbonyl (C=O) groups is 2. The van der Waals surface area contributed by atoms with Crippen LogP contribution in [0.5, 0.6) is 11.5 Å². The highest BCUT2D eigenvalue weighted by Gasteiger charge is 2.21. The molecule has 1 aliphatic rings. The monoisotopic (exact) mass is 415 g/mol. The van der Waals surface area contributed by atoms with Gasteiger partial charge < -0.3 is 23.5 Å². The van der Waals surface area contributed by atoms with Gasteiger partial charge in [0, 0.05) is 30.1 Å². The summed E-state index contributed by atoms with van der Waals surface area (Å²) in [5.41, 5.74) is 3.19. The van der Waals surface area contributed by atoms with E-state index in [4.69, 9.17) is 18.9 Å². The molecule has 2 heterocycles. The molecule has 1 aromatic heterocycles. The fourth-order valence-electron chi connectivity index (χ4n) is 3.79. The Morgan fingerprint density at radius 1 is 1.13 bits per heavy atom. The summed E-state index contributed by atoms with van der Waals surface area (Å²) in [4.78, 5) is 24.9. The minimum absolute atomic E-state index is 0.0473. The number of methoxy groups -OCH3 is 2. The minimum Gasteiger partial charge on any atom is -0.493 e. The summed E-state index contributed by atoms with van der Waals surface area (Å²) in [7, 11) is 3.09. The number of rotatable bonds is 9. The number of nitrogens with zero attached hydrogens (tertiary/aromatic N) is 1. The molecule has 162 valence electrons. The Kier molecular flexibility index (Phi) is 7.15. The maximum Gasteiger partial charge on any atom is 0.310 e. The Labute approximate surface area is 176 Å². The lowest BCUT2D eigenvalue weighted by molar-refractivity contribution is -0.141. The number of benzene rings is 1. The van der Waals surface area contributed by atoms with Crippen LogP contribution in [0.25, 0.3) is 0 Å². The number of Topliss-reactive ketones (excluding diaryl/α,β-unsaturated/α-hetero) is 1. The van der Waals surface area contributed by atoms with E-state index in [9.17, 15) is 9.59 Å². The SMILES string of the molecule is COc1ccc(CC(=O)OCC(=O)c2cc(C)n(CC3CCCO3)c2C)cc1OC. The summed E-state index contributed by atoms with van der Waals surface area (Å²) in [6.45, 7) is 5.15. The maximum atomic E-state index is 12.7. The van der Waals surface area contributed by atoms with Crippen molar-refractivity contribution in [2.24, 2.45) is 0 Å². The summed E-state index contributed by atoms with van der Waals surface area (Å²) in [5, 5.41) is 0. The van der Waals surface area contributed by atoms with Crippen LogP contribution in [0, 0.1) is 13.8 Å². The van der Waals surface area contributed by atoms with Crippen LogP contribution in [0.1, 0.15) is 40.2 Å². The summed E-state index contributed by atoms with van der Waals surface area (Å²) >= 11 is 0. The van der Waals surface area contributed by atoms with Crippen LogP contribution in [0.3, 0.4) is 0 Å². The number of carbonyl (C=O) groups excluding carboxylic acids is 2. The van der Waals surface area contributed by atoms with Crippen LogP contribution in [-0.2, 0) is 27.2 Å². The highest BCUT2D eigenvalue weighted by atomic mass is 16.5. The molecule has 2 aromatic rings. The van der Waals surface area contributed by atoms with Gasteiger partial charge in [-0.3, -0.25) is 9.59 Å². The van der Waals surface area contributed by atoms with Crippen LogP contribution in [0.4, 0.5) is 0 Å². The van der Waals surface area contributed by atoms with Gasteiger partial charge in [0.15, 0.2) is 18.1 Å². The fourth-order valence-corrected chi connectivity index (χ4v) is 3.79. The molecule has 1 aromatic carbocycles. The van der Waals surface area contributed by atoms with Crippen molar-refractivity contribution in [1.82, 2.24) is 4.57 Å². The number of hydrogen-bond acceptors (Lipinski definition) is 6. The fraction of sp³-hybridized carbons (Fsp3) is 0.478. The third-order valence-electron chi connectivity index (χ3n) is 5.44. The van der Waals surface area contributed by atoms with Crippen molar-refractivity contribution >= 4 is 11.8 Å². The molecule has 1 unspecified atom stereocenters. The van der Waals surface area contributed by atoms with E-state index in [1.165, 1.54) is 7.11 Å². The van der Waals surface area contributed by atoms with Crippen LogP contribution < -0.4 is 9.47 Å². The Morgan fingerprint density at radius 3 is 2.57 bits per heavy atom. The topological polar surface area (TPSA) is 76.0 Å². The standard InChI is InChI=1S/C23H29NO6/c1-15-10-19(16(2)24(15)13-18-6-5-9-29-18)20(25)14-30-23(26)12-17-7-8-21(27-3)22(11-17)28-4/h7-8,10-11,18H,5-6,9,12-14H2,1-4H3. The summed E-state index contributed by atoms with van der Waals surface area (Å²) in [6.07, 6.45) is 2.35. The zero-order valence-corrected chi connectivity index (χ0v) is 18.0. The summed E-state index contributed by atoms with van der Waals surface area (Å²) < 4.78 is 23.5. The maximum absolute atomic E-state index is 12.7. The second-order valence-electron chi connectivity index (χ2n) is 7.48. The smallest absolute Gasteiger partial charge is 0.310 e. The first-order chi connectivity index (χ1) is 14.4. The molecule has 7 heteroatoms. The first-order valence-corrected chi connectivity index (χ1v) is 10.1. The molecule has 0 saturated carbocycles. The first-order valence-electron chi connectivity index (χ1n) is 10.1. The normalized spacial score (nSPS) is 15.8. The van der Waals surface area contributed by atoms with Gasteiger partial charge in [0.25, 0.3) is 0 Å². The van der Waals surface area contributed by atoms with Crippen molar-refractivity contribution in [2.45, 2.75) is 45.8 Å². The van der Waals surface area contributed by atoms with Crippen molar-refractivity contribution in [3.63, 3.8) is 0 Å². The van der Waals surface area contributed by atoms with E-state index in [1.807, 2.05) is 19.9 Å². The van der Waals surface area contributed by atoms with E-state index < -0.39 is 5.97 Å². The first kappa shape index (κ1) is 21.9. The van der Waals surface area contributed by atoms with Gasteiger partial charge in [-0.05, 0) is 50.5 Å². The highest BCUT2D eigenvalue weighted by molar-refractivity contribution is 5.99. The van der Waals surface area contributed by atoms with Crippen LogP contribution in [0.15, 0.2) is 24.3 Å².